The minimum absolute atomic E-state index is 0.0820. The molecule has 1 aromatic heterocycles. The number of rotatable bonds is 2. The number of fused-ring (bicyclic) bond motifs is 1. The number of benzene rings is 2. The molecular weight excluding hydrogens is 248 g/mol. The highest BCUT2D eigenvalue weighted by Crippen LogP contribution is 2.22. The van der Waals surface area contributed by atoms with Crippen molar-refractivity contribution in [3.05, 3.63) is 59.4 Å². The Morgan fingerprint density at radius 2 is 1.70 bits per heavy atom. The van der Waals surface area contributed by atoms with E-state index in [0.717, 1.165) is 22.3 Å². The van der Waals surface area contributed by atoms with Crippen LogP contribution in [0.4, 0.5) is 0 Å². The zero-order valence-corrected chi connectivity index (χ0v) is 11.8. The first-order chi connectivity index (χ1) is 9.56. The van der Waals surface area contributed by atoms with Gasteiger partial charge in [-0.1, -0.05) is 0 Å². The second-order valence-corrected chi connectivity index (χ2v) is 5.14. The lowest BCUT2D eigenvalue weighted by Gasteiger charge is -2.06. The molecule has 3 heteroatoms. The highest BCUT2D eigenvalue weighted by Gasteiger charge is 2.07. The van der Waals surface area contributed by atoms with E-state index in [9.17, 15) is 4.79 Å². The van der Waals surface area contributed by atoms with E-state index in [1.54, 1.807) is 6.92 Å². The van der Waals surface area contributed by atoms with Crippen LogP contribution < -0.4 is 0 Å². The van der Waals surface area contributed by atoms with Crippen LogP contribution in [0.2, 0.25) is 0 Å². The summed E-state index contributed by atoms with van der Waals surface area (Å²) in [6.07, 6.45) is 1.83. The third-order valence-electron chi connectivity index (χ3n) is 3.71. The van der Waals surface area contributed by atoms with E-state index in [4.69, 9.17) is 0 Å². The van der Waals surface area contributed by atoms with Gasteiger partial charge in [0, 0.05) is 11.3 Å². The van der Waals surface area contributed by atoms with E-state index in [-0.39, 0.29) is 5.78 Å². The molecule has 20 heavy (non-hydrogen) atoms. The lowest BCUT2D eigenvalue weighted by Crippen LogP contribution is -1.95. The molecule has 0 amide bonds. The average molecular weight is 264 g/mol. The van der Waals surface area contributed by atoms with E-state index in [2.05, 4.69) is 31.0 Å². The van der Waals surface area contributed by atoms with Crippen molar-refractivity contribution in [2.45, 2.75) is 20.8 Å². The molecule has 0 atom stereocenters. The molecule has 0 saturated heterocycles. The van der Waals surface area contributed by atoms with Crippen molar-refractivity contribution in [3.8, 4) is 5.69 Å². The molecule has 3 aromatic rings. The third-order valence-corrected chi connectivity index (χ3v) is 3.71. The Morgan fingerprint density at radius 3 is 2.35 bits per heavy atom. The Bertz CT molecular complexity index is 798. The number of aryl methyl sites for hydroxylation is 2. The topological polar surface area (TPSA) is 34.9 Å². The van der Waals surface area contributed by atoms with Crippen LogP contribution in [0.25, 0.3) is 16.7 Å². The summed E-state index contributed by atoms with van der Waals surface area (Å²) in [6, 6.07) is 11.9. The molecule has 1 heterocycles. The predicted molar refractivity (Wildman–Crippen MR) is 80.5 cm³/mol. The molecule has 3 nitrogen and oxygen atoms in total. The Labute approximate surface area is 117 Å². The SMILES string of the molecule is CC(=O)c1ccc(-n2cnc3cc(C)c(C)cc32)cc1. The van der Waals surface area contributed by atoms with E-state index in [0.29, 0.717) is 0 Å². The van der Waals surface area contributed by atoms with Crippen molar-refractivity contribution in [2.75, 3.05) is 0 Å². The Balaban J connectivity index is 2.14. The number of imidazole rings is 1. The number of hydrogen-bond donors (Lipinski definition) is 0. The first-order valence-corrected chi connectivity index (χ1v) is 6.62. The van der Waals surface area contributed by atoms with Gasteiger partial charge in [-0.25, -0.2) is 4.98 Å². The second-order valence-electron chi connectivity index (χ2n) is 5.14. The van der Waals surface area contributed by atoms with Crippen molar-refractivity contribution in [1.82, 2.24) is 9.55 Å². The summed E-state index contributed by atoms with van der Waals surface area (Å²) in [4.78, 5) is 15.8. The summed E-state index contributed by atoms with van der Waals surface area (Å²) in [7, 11) is 0. The fourth-order valence-corrected chi connectivity index (χ4v) is 2.33. The van der Waals surface area contributed by atoms with Crippen molar-refractivity contribution in [1.29, 1.82) is 0 Å². The fraction of sp³-hybridized carbons (Fsp3) is 0.176. The molecule has 0 radical (unpaired) electrons. The van der Waals surface area contributed by atoms with Crippen LogP contribution in [0.15, 0.2) is 42.7 Å². The first kappa shape index (κ1) is 12.6. The monoisotopic (exact) mass is 264 g/mol. The minimum Gasteiger partial charge on any atom is -0.299 e. The maximum Gasteiger partial charge on any atom is 0.159 e. The van der Waals surface area contributed by atoms with Crippen molar-refractivity contribution >= 4 is 16.8 Å². The van der Waals surface area contributed by atoms with Crippen LogP contribution in [0.3, 0.4) is 0 Å². The van der Waals surface area contributed by atoms with Gasteiger partial charge in [0.05, 0.1) is 11.0 Å². The van der Waals surface area contributed by atoms with Gasteiger partial charge < -0.3 is 0 Å². The van der Waals surface area contributed by atoms with Gasteiger partial charge in [-0.2, -0.15) is 0 Å². The Kier molecular flexibility index (Phi) is 2.90. The lowest BCUT2D eigenvalue weighted by atomic mass is 10.1. The van der Waals surface area contributed by atoms with Gasteiger partial charge in [-0.05, 0) is 68.3 Å². The molecule has 0 saturated carbocycles. The number of carbonyl (C=O) groups excluding carboxylic acids is 1. The molecule has 3 rings (SSSR count). The first-order valence-electron chi connectivity index (χ1n) is 6.62. The van der Waals surface area contributed by atoms with Crippen LogP contribution in [-0.2, 0) is 0 Å². The summed E-state index contributed by atoms with van der Waals surface area (Å²) < 4.78 is 2.05. The Hall–Kier alpha value is -2.42. The number of carbonyl (C=O) groups is 1. The largest absolute Gasteiger partial charge is 0.299 e. The molecule has 100 valence electrons. The van der Waals surface area contributed by atoms with E-state index in [1.807, 2.05) is 35.2 Å². The summed E-state index contributed by atoms with van der Waals surface area (Å²) >= 11 is 0. The molecule has 0 unspecified atom stereocenters. The standard InChI is InChI=1S/C17H16N2O/c1-11-8-16-17(9-12(11)2)19(10-18-16)15-6-4-14(5-7-15)13(3)20/h4-10H,1-3H3. The molecule has 0 bridgehead atoms. The van der Waals surface area contributed by atoms with Gasteiger partial charge in [0.15, 0.2) is 5.78 Å². The van der Waals surface area contributed by atoms with Gasteiger partial charge in [-0.15, -0.1) is 0 Å². The average Bonchev–Trinajstić information content (AvgIpc) is 2.82. The minimum atomic E-state index is 0.0820. The predicted octanol–water partition coefficient (Wildman–Crippen LogP) is 3.84. The van der Waals surface area contributed by atoms with Crippen LogP contribution in [0, 0.1) is 13.8 Å². The highest BCUT2D eigenvalue weighted by atomic mass is 16.1. The molecule has 0 aliphatic rings. The lowest BCUT2D eigenvalue weighted by molar-refractivity contribution is 0.101. The summed E-state index contributed by atoms with van der Waals surface area (Å²) in [5.74, 6) is 0.0820. The van der Waals surface area contributed by atoms with Gasteiger partial charge in [0.1, 0.15) is 6.33 Å². The zero-order valence-electron chi connectivity index (χ0n) is 11.8. The highest BCUT2D eigenvalue weighted by molar-refractivity contribution is 5.94. The van der Waals surface area contributed by atoms with Gasteiger partial charge >= 0.3 is 0 Å². The Morgan fingerprint density at radius 1 is 1.05 bits per heavy atom. The third kappa shape index (κ3) is 2.01. The van der Waals surface area contributed by atoms with Crippen LogP contribution >= 0.6 is 0 Å². The smallest absolute Gasteiger partial charge is 0.159 e. The van der Waals surface area contributed by atoms with Crippen molar-refractivity contribution < 1.29 is 4.79 Å². The van der Waals surface area contributed by atoms with Gasteiger partial charge in [0.25, 0.3) is 0 Å². The summed E-state index contributed by atoms with van der Waals surface area (Å²) in [5, 5.41) is 0. The maximum absolute atomic E-state index is 11.3. The fourth-order valence-electron chi connectivity index (χ4n) is 2.33. The van der Waals surface area contributed by atoms with E-state index >= 15 is 0 Å². The molecule has 0 spiro atoms. The van der Waals surface area contributed by atoms with Crippen molar-refractivity contribution in [3.63, 3.8) is 0 Å². The van der Waals surface area contributed by atoms with Crippen LogP contribution in [0.1, 0.15) is 28.4 Å². The number of aromatic nitrogens is 2. The van der Waals surface area contributed by atoms with E-state index in [1.165, 1.54) is 11.1 Å². The molecule has 0 aliphatic carbocycles. The normalized spacial score (nSPS) is 10.9. The van der Waals surface area contributed by atoms with Crippen molar-refractivity contribution in [2.24, 2.45) is 0 Å². The maximum atomic E-state index is 11.3. The van der Waals surface area contributed by atoms with E-state index < -0.39 is 0 Å². The molecular formula is C17H16N2O. The molecule has 2 aromatic carbocycles. The van der Waals surface area contributed by atoms with Gasteiger partial charge in [-0.3, -0.25) is 9.36 Å². The second kappa shape index (κ2) is 4.60. The number of nitrogens with zero attached hydrogens (tertiary/aromatic N) is 2. The number of Topliss-reactive ketones (excluding diaryl/α,β-unsaturated/α-hetero) is 1. The van der Waals surface area contributed by atoms with Gasteiger partial charge in [0.2, 0.25) is 0 Å². The molecule has 0 fully saturated rings. The number of ketones is 1. The van der Waals surface area contributed by atoms with Crippen LogP contribution in [-0.4, -0.2) is 15.3 Å². The summed E-state index contributed by atoms with van der Waals surface area (Å²) in [6.45, 7) is 5.77. The van der Waals surface area contributed by atoms with Crippen LogP contribution in [0.5, 0.6) is 0 Å². The molecule has 0 N–H and O–H groups in total. The quantitative estimate of drug-likeness (QED) is 0.659. The number of hydrogen-bond acceptors (Lipinski definition) is 2. The zero-order chi connectivity index (χ0) is 14.3. The molecule has 0 aliphatic heterocycles. The summed E-state index contributed by atoms with van der Waals surface area (Å²) in [5.41, 5.74) is 6.31.